The van der Waals surface area contributed by atoms with Crippen LogP contribution < -0.4 is 0 Å². The molecule has 0 aliphatic heterocycles. The Morgan fingerprint density at radius 1 is 0.750 bits per heavy atom. The highest BCUT2D eigenvalue weighted by atomic mass is 16.3. The minimum atomic E-state index is -0.120. The number of benzene rings is 1. The lowest BCUT2D eigenvalue weighted by molar-refractivity contribution is -0.205. The summed E-state index contributed by atoms with van der Waals surface area (Å²) in [6.07, 6.45) is 10.1. The summed E-state index contributed by atoms with van der Waals surface area (Å²) in [4.78, 5) is 0. The molecule has 1 N–H and O–H groups in total. The van der Waals surface area contributed by atoms with Gasteiger partial charge < -0.3 is 5.11 Å². The van der Waals surface area contributed by atoms with Crippen LogP contribution in [-0.4, -0.2) is 11.2 Å². The molecule has 0 spiro atoms. The minimum Gasteiger partial charge on any atom is -0.393 e. The zero-order chi connectivity index (χ0) is 19.9. The van der Waals surface area contributed by atoms with Gasteiger partial charge in [-0.2, -0.15) is 0 Å². The molecular weight excluding hydrogens is 340 g/mol. The summed E-state index contributed by atoms with van der Waals surface area (Å²) in [6.45, 7) is 12.6. The van der Waals surface area contributed by atoms with E-state index >= 15 is 0 Å². The Hall–Kier alpha value is -0.820. The SMILES string of the molecule is CC1(C)C2CC[C@]3(C)C(CC[C@]4(C)c5ccccc5CCC34)[C@@]2(C)CC[C@H]1O. The quantitative estimate of drug-likeness (QED) is 0.543. The second-order valence-corrected chi connectivity index (χ2v) is 12.2. The molecule has 7 atom stereocenters. The first-order valence-corrected chi connectivity index (χ1v) is 11.9. The van der Waals surface area contributed by atoms with Crippen molar-refractivity contribution in [1.29, 1.82) is 0 Å². The van der Waals surface area contributed by atoms with Crippen molar-refractivity contribution in [3.63, 3.8) is 0 Å². The van der Waals surface area contributed by atoms with E-state index in [0.717, 1.165) is 18.3 Å². The average molecular weight is 381 g/mol. The minimum absolute atomic E-state index is 0.0637. The van der Waals surface area contributed by atoms with Gasteiger partial charge in [0.05, 0.1) is 6.10 Å². The van der Waals surface area contributed by atoms with Gasteiger partial charge in [-0.05, 0) is 102 Å². The molecule has 3 saturated carbocycles. The first-order valence-electron chi connectivity index (χ1n) is 11.9. The monoisotopic (exact) mass is 380 g/mol. The van der Waals surface area contributed by atoms with Gasteiger partial charge >= 0.3 is 0 Å². The predicted octanol–water partition coefficient (Wildman–Crippen LogP) is 6.52. The molecule has 1 heteroatoms. The summed E-state index contributed by atoms with van der Waals surface area (Å²) in [6, 6.07) is 9.33. The van der Waals surface area contributed by atoms with Crippen LogP contribution in [0.5, 0.6) is 0 Å². The van der Waals surface area contributed by atoms with Crippen LogP contribution in [0.15, 0.2) is 24.3 Å². The zero-order valence-electron chi connectivity index (χ0n) is 18.7. The highest BCUT2D eigenvalue weighted by molar-refractivity contribution is 5.39. The van der Waals surface area contributed by atoms with Crippen molar-refractivity contribution in [2.75, 3.05) is 0 Å². The molecule has 0 bridgehead atoms. The first kappa shape index (κ1) is 19.2. The van der Waals surface area contributed by atoms with E-state index in [1.54, 1.807) is 11.1 Å². The highest BCUT2D eigenvalue weighted by Gasteiger charge is 2.65. The summed E-state index contributed by atoms with van der Waals surface area (Å²) < 4.78 is 0. The van der Waals surface area contributed by atoms with Crippen LogP contribution in [0, 0.1) is 34.0 Å². The molecule has 4 aliphatic rings. The molecule has 0 aromatic heterocycles. The van der Waals surface area contributed by atoms with Crippen LogP contribution >= 0.6 is 0 Å². The van der Waals surface area contributed by atoms with Crippen molar-refractivity contribution in [3.05, 3.63) is 35.4 Å². The van der Waals surface area contributed by atoms with Gasteiger partial charge in [-0.3, -0.25) is 0 Å². The summed E-state index contributed by atoms with van der Waals surface area (Å²) in [7, 11) is 0. The van der Waals surface area contributed by atoms with Crippen molar-refractivity contribution in [2.24, 2.45) is 34.0 Å². The Bertz CT molecular complexity index is 780. The van der Waals surface area contributed by atoms with Gasteiger partial charge in [-0.25, -0.2) is 0 Å². The van der Waals surface area contributed by atoms with E-state index in [9.17, 15) is 5.11 Å². The van der Waals surface area contributed by atoms with E-state index in [0.29, 0.717) is 22.2 Å². The molecule has 1 nitrogen and oxygen atoms in total. The van der Waals surface area contributed by atoms with E-state index in [-0.39, 0.29) is 11.5 Å². The van der Waals surface area contributed by atoms with Crippen molar-refractivity contribution in [3.8, 4) is 0 Å². The van der Waals surface area contributed by atoms with Gasteiger partial charge in [-0.15, -0.1) is 0 Å². The smallest absolute Gasteiger partial charge is 0.0594 e. The maximum atomic E-state index is 10.8. The number of aryl methyl sites for hydroxylation is 1. The van der Waals surface area contributed by atoms with Crippen LogP contribution in [-0.2, 0) is 11.8 Å². The lowest BCUT2D eigenvalue weighted by atomic mass is 9.35. The third-order valence-electron chi connectivity index (χ3n) is 10.9. The number of aliphatic hydroxyl groups excluding tert-OH is 1. The van der Waals surface area contributed by atoms with Gasteiger partial charge in [0, 0.05) is 0 Å². The topological polar surface area (TPSA) is 20.2 Å². The Balaban J connectivity index is 1.56. The second kappa shape index (κ2) is 5.87. The molecule has 0 radical (unpaired) electrons. The van der Waals surface area contributed by atoms with Crippen LogP contribution in [0.2, 0.25) is 0 Å². The molecule has 3 fully saturated rings. The van der Waals surface area contributed by atoms with Crippen molar-refractivity contribution in [2.45, 2.75) is 97.5 Å². The lowest BCUT2D eigenvalue weighted by Gasteiger charge is -2.69. The predicted molar refractivity (Wildman–Crippen MR) is 116 cm³/mol. The third-order valence-corrected chi connectivity index (χ3v) is 10.9. The average Bonchev–Trinajstić information content (AvgIpc) is 2.64. The third kappa shape index (κ3) is 2.23. The lowest BCUT2D eigenvalue weighted by Crippen LogP contribution is -2.64. The van der Waals surface area contributed by atoms with Gasteiger partial charge in [0.2, 0.25) is 0 Å². The van der Waals surface area contributed by atoms with E-state index in [1.165, 1.54) is 44.9 Å². The largest absolute Gasteiger partial charge is 0.393 e. The number of hydrogen-bond donors (Lipinski definition) is 1. The number of aliphatic hydroxyl groups is 1. The zero-order valence-corrected chi connectivity index (χ0v) is 18.7. The standard InChI is InChI=1S/C27H40O/c1-24(2)20-12-16-27(5)21-11-10-18-8-6-7-9-19(18)25(21,3)15-13-22(27)26(20,4)17-14-23(24)28/h6-9,20-23,28H,10-17H2,1-5H3/t20?,21?,22?,23-,25-,26+,27+/m1/s1. The molecule has 0 amide bonds. The van der Waals surface area contributed by atoms with Gasteiger partial charge in [-0.1, -0.05) is 58.9 Å². The van der Waals surface area contributed by atoms with E-state index in [4.69, 9.17) is 0 Å². The second-order valence-electron chi connectivity index (χ2n) is 12.2. The number of hydrogen-bond acceptors (Lipinski definition) is 1. The molecule has 3 unspecified atom stereocenters. The highest BCUT2D eigenvalue weighted by Crippen LogP contribution is 2.72. The molecule has 1 aromatic rings. The Morgan fingerprint density at radius 3 is 2.18 bits per heavy atom. The maximum absolute atomic E-state index is 10.8. The fourth-order valence-corrected chi connectivity index (χ4v) is 9.57. The first-order chi connectivity index (χ1) is 13.1. The molecule has 154 valence electrons. The number of fused-ring (bicyclic) bond motifs is 7. The normalized spacial score (nSPS) is 49.4. The fourth-order valence-electron chi connectivity index (χ4n) is 9.57. The Morgan fingerprint density at radius 2 is 1.39 bits per heavy atom. The van der Waals surface area contributed by atoms with Crippen LogP contribution in [0.1, 0.15) is 90.7 Å². The van der Waals surface area contributed by atoms with Crippen molar-refractivity contribution >= 4 is 0 Å². The molecule has 0 heterocycles. The molecule has 0 saturated heterocycles. The van der Waals surface area contributed by atoms with Crippen LogP contribution in [0.25, 0.3) is 0 Å². The van der Waals surface area contributed by atoms with Crippen LogP contribution in [0.4, 0.5) is 0 Å². The van der Waals surface area contributed by atoms with E-state index < -0.39 is 0 Å². The molecule has 28 heavy (non-hydrogen) atoms. The molecule has 4 aliphatic carbocycles. The Labute approximate surface area is 172 Å². The van der Waals surface area contributed by atoms with Crippen molar-refractivity contribution in [1.82, 2.24) is 0 Å². The number of rotatable bonds is 0. The fraction of sp³-hybridized carbons (Fsp3) is 0.778. The van der Waals surface area contributed by atoms with Crippen LogP contribution in [0.3, 0.4) is 0 Å². The van der Waals surface area contributed by atoms with E-state index in [2.05, 4.69) is 58.9 Å². The van der Waals surface area contributed by atoms with Gasteiger partial charge in [0.1, 0.15) is 0 Å². The van der Waals surface area contributed by atoms with Crippen molar-refractivity contribution < 1.29 is 5.11 Å². The van der Waals surface area contributed by atoms with Gasteiger partial charge in [0.15, 0.2) is 0 Å². The summed E-state index contributed by atoms with van der Waals surface area (Å²) in [5.41, 5.74) is 4.54. The Kier molecular flexibility index (Phi) is 4.02. The van der Waals surface area contributed by atoms with E-state index in [1.807, 2.05) is 0 Å². The summed E-state index contributed by atoms with van der Waals surface area (Å²) in [5, 5.41) is 10.8. The van der Waals surface area contributed by atoms with Gasteiger partial charge in [0.25, 0.3) is 0 Å². The molecular formula is C27H40O. The molecule has 5 rings (SSSR count). The maximum Gasteiger partial charge on any atom is 0.0594 e. The molecule has 1 aromatic carbocycles. The summed E-state index contributed by atoms with van der Waals surface area (Å²) >= 11 is 0. The summed E-state index contributed by atoms with van der Waals surface area (Å²) in [5.74, 6) is 2.29.